The van der Waals surface area contributed by atoms with Crippen molar-refractivity contribution in [3.8, 4) is 6.07 Å². The van der Waals surface area contributed by atoms with Gasteiger partial charge in [-0.1, -0.05) is 36.4 Å². The molecule has 1 atom stereocenters. The van der Waals surface area contributed by atoms with E-state index in [1.165, 1.54) is 18.2 Å². The van der Waals surface area contributed by atoms with E-state index in [-0.39, 0.29) is 11.5 Å². The molecule has 1 unspecified atom stereocenters. The third-order valence-electron chi connectivity index (χ3n) is 6.21. The summed E-state index contributed by atoms with van der Waals surface area (Å²) in [4.78, 5) is 10.9. The van der Waals surface area contributed by atoms with Crippen molar-refractivity contribution in [2.75, 3.05) is 5.43 Å². The van der Waals surface area contributed by atoms with E-state index in [9.17, 15) is 18.8 Å². The highest BCUT2D eigenvalue weighted by atomic mass is 19.1. The molecule has 3 aromatic carbocycles. The molecule has 1 fully saturated rings. The van der Waals surface area contributed by atoms with Gasteiger partial charge in [0.05, 0.1) is 17.3 Å². The second kappa shape index (κ2) is 9.16. The van der Waals surface area contributed by atoms with Gasteiger partial charge in [-0.2, -0.15) is 5.26 Å². The normalized spacial score (nSPS) is 17.5. The van der Waals surface area contributed by atoms with E-state index in [2.05, 4.69) is 16.9 Å². The Labute approximate surface area is 201 Å². The Kier molecular flexibility index (Phi) is 5.89. The summed E-state index contributed by atoms with van der Waals surface area (Å²) in [5.74, 6) is -1.33. The molecule has 35 heavy (non-hydrogen) atoms. The number of benzene rings is 3. The zero-order chi connectivity index (χ0) is 24.5. The fourth-order valence-corrected chi connectivity index (χ4v) is 4.44. The summed E-state index contributed by atoms with van der Waals surface area (Å²) in [6.07, 6.45) is 3.08. The van der Waals surface area contributed by atoms with Gasteiger partial charge >= 0.3 is 5.97 Å². The van der Waals surface area contributed by atoms with Crippen LogP contribution in [0.1, 0.15) is 52.5 Å². The molecule has 1 aliphatic heterocycles. The summed E-state index contributed by atoms with van der Waals surface area (Å²) in [5.41, 5.74) is 11.5. The number of hydrogen-bond acceptors (Lipinski definition) is 4. The molecule has 0 spiro atoms. The van der Waals surface area contributed by atoms with Crippen molar-refractivity contribution in [1.82, 2.24) is 5.43 Å². The molecule has 1 saturated carbocycles. The monoisotopic (exact) mass is 469 g/mol. The molecule has 2 aliphatic rings. The molecule has 3 N–H and O–H groups in total. The van der Waals surface area contributed by atoms with Crippen LogP contribution in [0.15, 0.2) is 66.7 Å². The zero-order valence-electron chi connectivity index (χ0n) is 18.6. The van der Waals surface area contributed by atoms with E-state index in [1.807, 2.05) is 36.4 Å². The molecule has 5 rings (SSSR count). The van der Waals surface area contributed by atoms with E-state index in [0.29, 0.717) is 22.4 Å². The molecular formula is C28H21F2N3O2. The topological polar surface area (TPSA) is 85.2 Å². The number of allylic oxidation sites excluding steroid dienone is 1. The lowest BCUT2D eigenvalue weighted by molar-refractivity contribution is -0.131. The van der Waals surface area contributed by atoms with Crippen LogP contribution in [0.25, 0.3) is 17.2 Å². The fraction of sp³-hybridized carbons (Fsp3) is 0.143. The number of carbonyl (C=O) groups is 1. The van der Waals surface area contributed by atoms with Gasteiger partial charge in [0.25, 0.3) is 0 Å². The van der Waals surface area contributed by atoms with E-state index < -0.39 is 18.1 Å². The molecule has 3 aromatic rings. The predicted octanol–water partition coefficient (Wildman–Crippen LogP) is 6.06. The minimum Gasteiger partial charge on any atom is -0.478 e. The predicted molar refractivity (Wildman–Crippen MR) is 130 cm³/mol. The number of carboxylic acids is 1. The van der Waals surface area contributed by atoms with Crippen molar-refractivity contribution in [3.63, 3.8) is 0 Å². The van der Waals surface area contributed by atoms with Crippen molar-refractivity contribution in [3.05, 3.63) is 106 Å². The number of halogens is 2. The largest absolute Gasteiger partial charge is 0.478 e. The highest BCUT2D eigenvalue weighted by Gasteiger charge is 2.32. The number of rotatable bonds is 6. The lowest BCUT2D eigenvalue weighted by atomic mass is 9.84. The standard InChI is InChI=1S/C28H21F2N3O2/c29-21-9-10-22(20(13-21)15-31)27(18-6-7-18)26(17-4-1-16(2-5-17)3-12-25(34)35)19-8-11-24-23(14-19)28(30)33-32-24/h1-5,8-14,18,28,32-33H,6-7H2,(H,34,35)/b12-3+,27-26+. The summed E-state index contributed by atoms with van der Waals surface area (Å²) in [6.45, 7) is 0. The second-order valence-electron chi connectivity index (χ2n) is 8.59. The van der Waals surface area contributed by atoms with Crippen LogP contribution >= 0.6 is 0 Å². The second-order valence-corrected chi connectivity index (χ2v) is 8.59. The lowest BCUT2D eigenvalue weighted by Crippen LogP contribution is -2.14. The van der Waals surface area contributed by atoms with Crippen molar-refractivity contribution < 1.29 is 18.7 Å². The molecule has 1 aliphatic carbocycles. The minimum atomic E-state index is -1.36. The first-order valence-corrected chi connectivity index (χ1v) is 11.2. The van der Waals surface area contributed by atoms with Crippen LogP contribution in [-0.2, 0) is 4.79 Å². The van der Waals surface area contributed by atoms with E-state index >= 15 is 0 Å². The maximum absolute atomic E-state index is 14.5. The Morgan fingerprint density at radius 1 is 1.06 bits per heavy atom. The van der Waals surface area contributed by atoms with Gasteiger partial charge in [-0.25, -0.2) is 19.0 Å². The molecule has 0 radical (unpaired) electrons. The van der Waals surface area contributed by atoms with E-state index in [0.717, 1.165) is 41.2 Å². The highest BCUT2D eigenvalue weighted by molar-refractivity contribution is 6.01. The van der Waals surface area contributed by atoms with Crippen LogP contribution in [0.2, 0.25) is 0 Å². The van der Waals surface area contributed by atoms with Crippen molar-refractivity contribution in [2.24, 2.45) is 5.92 Å². The van der Waals surface area contributed by atoms with Gasteiger partial charge in [-0.3, -0.25) is 0 Å². The van der Waals surface area contributed by atoms with Crippen LogP contribution in [0.4, 0.5) is 14.5 Å². The molecule has 1 heterocycles. The average molecular weight is 469 g/mol. The number of aliphatic carboxylic acids is 1. The van der Waals surface area contributed by atoms with Gasteiger partial charge in [-0.05, 0) is 82.5 Å². The summed E-state index contributed by atoms with van der Waals surface area (Å²) in [6, 6.07) is 19.2. The van der Waals surface area contributed by atoms with Gasteiger partial charge in [0.15, 0.2) is 6.30 Å². The summed E-state index contributed by atoms with van der Waals surface area (Å²) in [5, 5.41) is 18.7. The van der Waals surface area contributed by atoms with Crippen LogP contribution in [0, 0.1) is 23.1 Å². The first-order valence-electron chi connectivity index (χ1n) is 11.2. The Morgan fingerprint density at radius 2 is 1.80 bits per heavy atom. The third kappa shape index (κ3) is 4.57. The number of fused-ring (bicyclic) bond motifs is 1. The number of alkyl halides is 1. The van der Waals surface area contributed by atoms with Crippen LogP contribution < -0.4 is 10.9 Å². The molecule has 7 heteroatoms. The Bertz CT molecular complexity index is 1420. The van der Waals surface area contributed by atoms with Gasteiger partial charge in [-0.15, -0.1) is 0 Å². The number of anilines is 1. The minimum absolute atomic E-state index is 0.180. The van der Waals surface area contributed by atoms with Gasteiger partial charge in [0, 0.05) is 11.6 Å². The molecule has 174 valence electrons. The first-order chi connectivity index (χ1) is 16.9. The van der Waals surface area contributed by atoms with Crippen molar-refractivity contribution in [2.45, 2.75) is 19.1 Å². The number of nitrogens with one attached hydrogen (secondary N) is 2. The summed E-state index contributed by atoms with van der Waals surface area (Å²) in [7, 11) is 0. The van der Waals surface area contributed by atoms with E-state index in [1.54, 1.807) is 12.1 Å². The first kappa shape index (κ1) is 22.5. The summed E-state index contributed by atoms with van der Waals surface area (Å²) >= 11 is 0. The SMILES string of the molecule is N#Cc1cc(F)ccc1/C(=C(\c1ccc(/C=C/C(=O)O)cc1)c1ccc2c(c1)C(F)NN2)C1CC1. The number of hydrogen-bond donors (Lipinski definition) is 3. The number of nitrogens with zero attached hydrogens (tertiary/aromatic N) is 1. The Morgan fingerprint density at radius 3 is 2.49 bits per heavy atom. The quantitative estimate of drug-likeness (QED) is 0.232. The van der Waals surface area contributed by atoms with Crippen LogP contribution in [-0.4, -0.2) is 11.1 Å². The summed E-state index contributed by atoms with van der Waals surface area (Å²) < 4.78 is 28.5. The number of hydrazine groups is 1. The smallest absolute Gasteiger partial charge is 0.328 e. The third-order valence-corrected chi connectivity index (χ3v) is 6.21. The molecule has 5 nitrogen and oxygen atoms in total. The zero-order valence-corrected chi connectivity index (χ0v) is 18.6. The number of carboxylic acid groups (broad SMARTS) is 1. The highest BCUT2D eigenvalue weighted by Crippen LogP contribution is 2.49. The molecule has 0 bridgehead atoms. The molecular weight excluding hydrogens is 448 g/mol. The van der Waals surface area contributed by atoms with Crippen LogP contribution in [0.5, 0.6) is 0 Å². The van der Waals surface area contributed by atoms with Crippen molar-refractivity contribution in [1.29, 1.82) is 5.26 Å². The van der Waals surface area contributed by atoms with E-state index in [4.69, 9.17) is 5.11 Å². The van der Waals surface area contributed by atoms with Gasteiger partial charge in [0.1, 0.15) is 5.82 Å². The molecule has 0 aromatic heterocycles. The number of nitriles is 1. The lowest BCUT2D eigenvalue weighted by Gasteiger charge is -2.19. The van der Waals surface area contributed by atoms with Gasteiger partial charge < -0.3 is 10.5 Å². The molecule has 0 amide bonds. The Hall–Kier alpha value is -4.28. The Balaban J connectivity index is 1.74. The maximum Gasteiger partial charge on any atom is 0.328 e. The molecule has 0 saturated heterocycles. The van der Waals surface area contributed by atoms with Crippen molar-refractivity contribution >= 4 is 28.9 Å². The maximum atomic E-state index is 14.5. The average Bonchev–Trinajstić information content (AvgIpc) is 3.64. The van der Waals surface area contributed by atoms with Crippen LogP contribution in [0.3, 0.4) is 0 Å². The fourth-order valence-electron chi connectivity index (χ4n) is 4.44. The van der Waals surface area contributed by atoms with Gasteiger partial charge in [0.2, 0.25) is 0 Å².